The van der Waals surface area contributed by atoms with E-state index in [1.54, 1.807) is 6.08 Å². The zero-order chi connectivity index (χ0) is 44.2. The molecule has 0 aliphatic rings. The number of nitrogens with one attached hydrogen (secondary N) is 1. The largest absolute Gasteiger partial charge is 0.394 e. The Morgan fingerprint density at radius 3 is 0.951 bits per heavy atom. The summed E-state index contributed by atoms with van der Waals surface area (Å²) in [5.74, 6) is -0.0747. The first kappa shape index (κ1) is 59.4. The second-order valence-corrected chi connectivity index (χ2v) is 18.6. The maximum Gasteiger partial charge on any atom is 0.220 e. The summed E-state index contributed by atoms with van der Waals surface area (Å²) in [7, 11) is 0. The predicted octanol–water partition coefficient (Wildman–Crippen LogP) is 17.9. The van der Waals surface area contributed by atoms with Gasteiger partial charge in [0.15, 0.2) is 0 Å². The number of rotatable bonds is 50. The number of carbonyl (C=O) groups is 1. The average Bonchev–Trinajstić information content (AvgIpc) is 3.26. The highest BCUT2D eigenvalue weighted by molar-refractivity contribution is 5.76. The van der Waals surface area contributed by atoms with Gasteiger partial charge in [-0.05, 0) is 70.6 Å². The molecule has 1 amide bonds. The van der Waals surface area contributed by atoms with E-state index < -0.39 is 12.1 Å². The van der Waals surface area contributed by atoms with Crippen LogP contribution in [0, 0.1) is 0 Å². The summed E-state index contributed by atoms with van der Waals surface area (Å²) in [5, 5.41) is 23.1. The number of unbranched alkanes of at least 4 members (excludes halogenated alkanes) is 37. The molecule has 0 spiro atoms. The van der Waals surface area contributed by atoms with Gasteiger partial charge in [0.25, 0.3) is 0 Å². The van der Waals surface area contributed by atoms with Crippen molar-refractivity contribution < 1.29 is 15.0 Å². The zero-order valence-electron chi connectivity index (χ0n) is 41.2. The molecule has 4 heteroatoms. The number of amides is 1. The van der Waals surface area contributed by atoms with Gasteiger partial charge < -0.3 is 15.5 Å². The van der Waals surface area contributed by atoms with Crippen molar-refractivity contribution in [1.82, 2.24) is 5.32 Å². The zero-order valence-corrected chi connectivity index (χ0v) is 41.2. The molecule has 0 aromatic carbocycles. The summed E-state index contributed by atoms with van der Waals surface area (Å²) in [4.78, 5) is 12.5. The van der Waals surface area contributed by atoms with Gasteiger partial charge in [-0.3, -0.25) is 4.79 Å². The highest BCUT2D eigenvalue weighted by Crippen LogP contribution is 2.16. The highest BCUT2D eigenvalue weighted by Gasteiger charge is 2.18. The molecule has 0 rings (SSSR count). The van der Waals surface area contributed by atoms with Gasteiger partial charge in [0.1, 0.15) is 0 Å². The maximum atomic E-state index is 12.5. The average molecular weight is 854 g/mol. The van der Waals surface area contributed by atoms with Gasteiger partial charge in [0.2, 0.25) is 5.91 Å². The third kappa shape index (κ3) is 49.2. The maximum absolute atomic E-state index is 12.5. The first-order valence-corrected chi connectivity index (χ1v) is 27.4. The molecular formula is C57H107NO3. The van der Waals surface area contributed by atoms with E-state index in [9.17, 15) is 15.0 Å². The Morgan fingerprint density at radius 1 is 0.377 bits per heavy atom. The Kier molecular flexibility index (Phi) is 51.3. The highest BCUT2D eigenvalue weighted by atomic mass is 16.3. The molecule has 0 aliphatic carbocycles. The lowest BCUT2D eigenvalue weighted by atomic mass is 10.0. The van der Waals surface area contributed by atoms with E-state index in [2.05, 4.69) is 55.6 Å². The Bertz CT molecular complexity index is 970. The molecule has 2 atom stereocenters. The molecule has 61 heavy (non-hydrogen) atoms. The van der Waals surface area contributed by atoms with Crippen molar-refractivity contribution in [3.63, 3.8) is 0 Å². The quantitative estimate of drug-likeness (QED) is 0.0422. The van der Waals surface area contributed by atoms with Crippen LogP contribution in [-0.4, -0.2) is 34.9 Å². The minimum absolute atomic E-state index is 0.0747. The molecule has 0 heterocycles. The Morgan fingerprint density at radius 2 is 0.639 bits per heavy atom. The fourth-order valence-electron chi connectivity index (χ4n) is 8.32. The second kappa shape index (κ2) is 52.7. The topological polar surface area (TPSA) is 69.6 Å². The summed E-state index contributed by atoms with van der Waals surface area (Å²) >= 11 is 0. The summed E-state index contributed by atoms with van der Waals surface area (Å²) < 4.78 is 0. The van der Waals surface area contributed by atoms with E-state index in [1.807, 2.05) is 6.08 Å². The molecule has 3 N–H and O–H groups in total. The second-order valence-electron chi connectivity index (χ2n) is 18.6. The lowest BCUT2D eigenvalue weighted by Crippen LogP contribution is -2.45. The minimum atomic E-state index is -0.871. The van der Waals surface area contributed by atoms with Gasteiger partial charge in [-0.15, -0.1) is 0 Å². The standard InChI is InChI=1S/C57H107NO3/c1-3-5-7-9-11-13-15-17-19-21-23-25-27-28-29-30-31-33-35-37-39-41-43-45-47-49-51-53-57(61)58-55(54-59)56(60)52-50-48-46-44-42-40-38-36-34-32-26-24-22-20-18-16-14-12-10-8-6-4-2/h21,23,34,36,42,44,50,52,55-56,59-60H,3-20,22,24-33,35,37-41,43,45-49,51,53-54H2,1-2H3,(H,58,61)/b23-21-,36-34+,44-42+,52-50+. The molecule has 358 valence electrons. The van der Waals surface area contributed by atoms with Crippen molar-refractivity contribution in [2.45, 2.75) is 302 Å². The lowest BCUT2D eigenvalue weighted by molar-refractivity contribution is -0.123. The molecule has 0 radical (unpaired) electrons. The van der Waals surface area contributed by atoms with E-state index in [-0.39, 0.29) is 12.5 Å². The first-order chi connectivity index (χ1) is 30.2. The smallest absolute Gasteiger partial charge is 0.220 e. The SMILES string of the molecule is CCCCCCCCCC/C=C\CCCCCCCCCCCCCCCCCC(=O)NC(CO)C(O)/C=C/CC/C=C/CC/C=C/CCCCCCCCCCCCCC. The molecular weight excluding hydrogens is 747 g/mol. The van der Waals surface area contributed by atoms with Crippen LogP contribution in [0.1, 0.15) is 290 Å². The number of carbonyl (C=O) groups excluding carboxylic acids is 1. The van der Waals surface area contributed by atoms with E-state index in [1.165, 1.54) is 231 Å². The molecule has 0 fully saturated rings. The molecule has 0 saturated carbocycles. The number of aliphatic hydroxyl groups is 2. The van der Waals surface area contributed by atoms with Gasteiger partial charge in [-0.1, -0.05) is 262 Å². The third-order valence-electron chi connectivity index (χ3n) is 12.5. The number of hydrogen-bond donors (Lipinski definition) is 3. The van der Waals surface area contributed by atoms with Gasteiger partial charge >= 0.3 is 0 Å². The molecule has 4 nitrogen and oxygen atoms in total. The van der Waals surface area contributed by atoms with Crippen molar-refractivity contribution in [2.75, 3.05) is 6.61 Å². The van der Waals surface area contributed by atoms with Gasteiger partial charge in [-0.2, -0.15) is 0 Å². The van der Waals surface area contributed by atoms with Crippen LogP contribution >= 0.6 is 0 Å². The molecule has 0 saturated heterocycles. The molecule has 0 aromatic rings. The van der Waals surface area contributed by atoms with Crippen molar-refractivity contribution in [3.05, 3.63) is 48.6 Å². The normalized spacial score (nSPS) is 13.2. The Labute approximate surface area is 382 Å². The minimum Gasteiger partial charge on any atom is -0.394 e. The van der Waals surface area contributed by atoms with Gasteiger partial charge in [-0.25, -0.2) is 0 Å². The predicted molar refractivity (Wildman–Crippen MR) is 271 cm³/mol. The van der Waals surface area contributed by atoms with Crippen LogP contribution in [0.5, 0.6) is 0 Å². The van der Waals surface area contributed by atoms with Crippen molar-refractivity contribution >= 4 is 5.91 Å². The Hall–Kier alpha value is -1.65. The fourth-order valence-corrected chi connectivity index (χ4v) is 8.32. The van der Waals surface area contributed by atoms with E-state index in [0.717, 1.165) is 38.5 Å². The monoisotopic (exact) mass is 854 g/mol. The van der Waals surface area contributed by atoms with Crippen molar-refractivity contribution in [1.29, 1.82) is 0 Å². The summed E-state index contributed by atoms with van der Waals surface area (Å²) in [6, 6.07) is -0.646. The third-order valence-corrected chi connectivity index (χ3v) is 12.5. The molecule has 0 aromatic heterocycles. The molecule has 2 unspecified atom stereocenters. The fraction of sp³-hybridized carbons (Fsp3) is 0.842. The van der Waals surface area contributed by atoms with Gasteiger partial charge in [0.05, 0.1) is 18.8 Å². The van der Waals surface area contributed by atoms with Crippen LogP contribution in [0.2, 0.25) is 0 Å². The number of aliphatic hydroxyl groups excluding tert-OH is 2. The van der Waals surface area contributed by atoms with Crippen LogP contribution in [0.25, 0.3) is 0 Å². The van der Waals surface area contributed by atoms with Crippen LogP contribution in [0.4, 0.5) is 0 Å². The molecule has 0 aliphatic heterocycles. The Balaban J connectivity index is 3.54. The van der Waals surface area contributed by atoms with Crippen molar-refractivity contribution in [3.8, 4) is 0 Å². The summed E-state index contributed by atoms with van der Waals surface area (Å²) in [5.41, 5.74) is 0. The van der Waals surface area contributed by atoms with E-state index in [0.29, 0.717) is 6.42 Å². The number of allylic oxidation sites excluding steroid dienone is 7. The molecule has 0 bridgehead atoms. The summed E-state index contributed by atoms with van der Waals surface area (Å²) in [6.07, 6.45) is 72.7. The lowest BCUT2D eigenvalue weighted by Gasteiger charge is -2.19. The van der Waals surface area contributed by atoms with Gasteiger partial charge in [0, 0.05) is 6.42 Å². The van der Waals surface area contributed by atoms with Crippen molar-refractivity contribution in [2.24, 2.45) is 0 Å². The summed E-state index contributed by atoms with van der Waals surface area (Å²) in [6.45, 7) is 4.32. The van der Waals surface area contributed by atoms with E-state index >= 15 is 0 Å². The first-order valence-electron chi connectivity index (χ1n) is 27.4. The van der Waals surface area contributed by atoms with Crippen LogP contribution < -0.4 is 5.32 Å². The van der Waals surface area contributed by atoms with Crippen LogP contribution in [0.15, 0.2) is 48.6 Å². The van der Waals surface area contributed by atoms with Crippen LogP contribution in [-0.2, 0) is 4.79 Å². The number of hydrogen-bond acceptors (Lipinski definition) is 3. The van der Waals surface area contributed by atoms with E-state index in [4.69, 9.17) is 0 Å². The van der Waals surface area contributed by atoms with Crippen LogP contribution in [0.3, 0.4) is 0 Å².